The van der Waals surface area contributed by atoms with Gasteiger partial charge in [-0.15, -0.1) is 0 Å². The van der Waals surface area contributed by atoms with Gasteiger partial charge in [-0.1, -0.05) is 13.8 Å². The average molecular weight is 284 g/mol. The number of hydrogen-bond donors (Lipinski definition) is 3. The lowest BCUT2D eigenvalue weighted by Gasteiger charge is -2.28. The van der Waals surface area contributed by atoms with Crippen LogP contribution >= 0.6 is 0 Å². The number of carbonyl (C=O) groups is 3. The largest absolute Gasteiger partial charge is 0.481 e. The van der Waals surface area contributed by atoms with E-state index in [1.165, 1.54) is 0 Å². The highest BCUT2D eigenvalue weighted by molar-refractivity contribution is 5.85. The van der Waals surface area contributed by atoms with Crippen LogP contribution in [0.3, 0.4) is 0 Å². The molecule has 0 aromatic rings. The minimum atomic E-state index is -1.07. The predicted octanol–water partition coefficient (Wildman–Crippen LogP) is 0.766. The summed E-state index contributed by atoms with van der Waals surface area (Å²) in [5.41, 5.74) is -1.07. The van der Waals surface area contributed by atoms with Crippen LogP contribution in [0.5, 0.6) is 0 Å². The van der Waals surface area contributed by atoms with E-state index in [-0.39, 0.29) is 30.1 Å². The summed E-state index contributed by atoms with van der Waals surface area (Å²) in [4.78, 5) is 34.4. The highest BCUT2D eigenvalue weighted by atomic mass is 16.4. The second-order valence-electron chi connectivity index (χ2n) is 5.97. The van der Waals surface area contributed by atoms with Crippen LogP contribution in [0.15, 0.2) is 0 Å². The van der Waals surface area contributed by atoms with Gasteiger partial charge in [-0.05, 0) is 25.7 Å². The summed E-state index contributed by atoms with van der Waals surface area (Å²) in [5.74, 6) is -1.21. The number of carbonyl (C=O) groups excluding carboxylic acids is 2. The highest BCUT2D eigenvalue weighted by Gasteiger charge is 2.38. The summed E-state index contributed by atoms with van der Waals surface area (Å²) in [6.45, 7) is 5.86. The van der Waals surface area contributed by atoms with Gasteiger partial charge in [0, 0.05) is 25.4 Å². The molecule has 20 heavy (non-hydrogen) atoms. The molecule has 0 heterocycles. The summed E-state index contributed by atoms with van der Waals surface area (Å²) in [7, 11) is 0. The van der Waals surface area contributed by atoms with Crippen molar-refractivity contribution in [1.82, 2.24) is 10.6 Å². The number of hydrogen-bond acceptors (Lipinski definition) is 3. The summed E-state index contributed by atoms with van der Waals surface area (Å²) < 4.78 is 0. The Balaban J connectivity index is 2.27. The number of carboxylic acids is 1. The first-order valence-corrected chi connectivity index (χ1v) is 7.05. The topological polar surface area (TPSA) is 95.5 Å². The Labute approximate surface area is 119 Å². The Morgan fingerprint density at radius 1 is 1.20 bits per heavy atom. The molecular formula is C14H24N2O4. The fourth-order valence-corrected chi connectivity index (χ4v) is 1.80. The van der Waals surface area contributed by atoms with Gasteiger partial charge in [0.15, 0.2) is 0 Å². The first kappa shape index (κ1) is 16.5. The van der Waals surface area contributed by atoms with Gasteiger partial charge in [0.2, 0.25) is 11.8 Å². The van der Waals surface area contributed by atoms with Crippen LogP contribution in [-0.2, 0) is 14.4 Å². The van der Waals surface area contributed by atoms with Gasteiger partial charge in [-0.25, -0.2) is 0 Å². The Morgan fingerprint density at radius 2 is 1.75 bits per heavy atom. The highest BCUT2D eigenvalue weighted by Crippen LogP contribution is 2.31. The lowest BCUT2D eigenvalue weighted by Crippen LogP contribution is -2.41. The van der Waals surface area contributed by atoms with Gasteiger partial charge in [0.25, 0.3) is 0 Å². The maximum absolute atomic E-state index is 11.8. The molecule has 0 aliphatic heterocycles. The van der Waals surface area contributed by atoms with E-state index < -0.39 is 11.4 Å². The molecule has 1 saturated carbocycles. The minimum absolute atomic E-state index is 0.0387. The van der Waals surface area contributed by atoms with Crippen LogP contribution < -0.4 is 10.6 Å². The molecule has 1 atom stereocenters. The molecule has 6 nitrogen and oxygen atoms in total. The maximum Gasteiger partial charge on any atom is 0.310 e. The monoisotopic (exact) mass is 284 g/mol. The predicted molar refractivity (Wildman–Crippen MR) is 73.9 cm³/mol. The normalized spacial score (nSPS) is 17.4. The molecule has 0 bridgehead atoms. The Hall–Kier alpha value is -1.59. The molecule has 1 unspecified atom stereocenters. The Morgan fingerprint density at radius 3 is 2.20 bits per heavy atom. The number of amides is 2. The molecule has 1 rings (SSSR count). The van der Waals surface area contributed by atoms with Crippen molar-refractivity contribution in [2.75, 3.05) is 13.1 Å². The Kier molecular flexibility index (Phi) is 5.53. The zero-order valence-electron chi connectivity index (χ0n) is 12.4. The maximum atomic E-state index is 11.8. The van der Waals surface area contributed by atoms with Gasteiger partial charge in [0.05, 0.1) is 5.41 Å². The molecular weight excluding hydrogens is 260 g/mol. The molecule has 0 aromatic heterocycles. The molecule has 6 heteroatoms. The molecule has 1 aliphatic carbocycles. The minimum Gasteiger partial charge on any atom is -0.481 e. The van der Waals surface area contributed by atoms with Gasteiger partial charge in [-0.3, -0.25) is 14.4 Å². The van der Waals surface area contributed by atoms with E-state index in [2.05, 4.69) is 10.6 Å². The van der Waals surface area contributed by atoms with Gasteiger partial charge in [-0.2, -0.15) is 0 Å². The summed E-state index contributed by atoms with van der Waals surface area (Å²) in [6, 6.07) is 0. The van der Waals surface area contributed by atoms with Crippen molar-refractivity contribution in [3.05, 3.63) is 0 Å². The lowest BCUT2D eigenvalue weighted by molar-refractivity contribution is -0.153. The third kappa shape index (κ3) is 4.51. The van der Waals surface area contributed by atoms with Gasteiger partial charge >= 0.3 is 5.97 Å². The van der Waals surface area contributed by atoms with Crippen LogP contribution in [0.2, 0.25) is 0 Å². The molecule has 1 fully saturated rings. The smallest absolute Gasteiger partial charge is 0.310 e. The fraction of sp³-hybridized carbons (Fsp3) is 0.786. The number of carboxylic acid groups (broad SMARTS) is 1. The van der Waals surface area contributed by atoms with Crippen molar-refractivity contribution >= 4 is 17.8 Å². The third-order valence-corrected chi connectivity index (χ3v) is 3.99. The molecule has 0 aromatic carbocycles. The number of aliphatic carboxylic acids is 1. The second kappa shape index (κ2) is 6.72. The number of nitrogens with one attached hydrogen (secondary N) is 2. The molecule has 114 valence electrons. The van der Waals surface area contributed by atoms with Crippen molar-refractivity contribution in [1.29, 1.82) is 0 Å². The van der Waals surface area contributed by atoms with Crippen molar-refractivity contribution in [2.24, 2.45) is 17.3 Å². The van der Waals surface area contributed by atoms with Crippen molar-refractivity contribution in [2.45, 2.75) is 40.0 Å². The van der Waals surface area contributed by atoms with E-state index in [1.54, 1.807) is 20.8 Å². The fourth-order valence-electron chi connectivity index (χ4n) is 1.80. The molecule has 0 saturated heterocycles. The standard InChI is InChI=1S/C14H24N2O4/c1-9(2)14(3,13(19)20)8-11(17)15-6-7-16-12(18)10-4-5-10/h9-10H,4-8H2,1-3H3,(H,15,17)(H,16,18)(H,19,20). The molecule has 0 radical (unpaired) electrons. The van der Waals surface area contributed by atoms with Crippen molar-refractivity contribution in [3.63, 3.8) is 0 Å². The van der Waals surface area contributed by atoms with Crippen molar-refractivity contribution < 1.29 is 19.5 Å². The lowest BCUT2D eigenvalue weighted by atomic mass is 9.76. The van der Waals surface area contributed by atoms with E-state index in [9.17, 15) is 19.5 Å². The van der Waals surface area contributed by atoms with E-state index in [0.29, 0.717) is 13.1 Å². The molecule has 1 aliphatic rings. The van der Waals surface area contributed by atoms with E-state index in [4.69, 9.17) is 0 Å². The first-order valence-electron chi connectivity index (χ1n) is 7.05. The Bertz CT molecular complexity index is 391. The first-order chi connectivity index (χ1) is 9.27. The molecule has 0 spiro atoms. The van der Waals surface area contributed by atoms with E-state index in [0.717, 1.165) is 12.8 Å². The van der Waals surface area contributed by atoms with Crippen molar-refractivity contribution in [3.8, 4) is 0 Å². The second-order valence-corrected chi connectivity index (χ2v) is 5.97. The quantitative estimate of drug-likeness (QED) is 0.574. The third-order valence-electron chi connectivity index (χ3n) is 3.99. The van der Waals surface area contributed by atoms with E-state index in [1.807, 2.05) is 0 Å². The average Bonchev–Trinajstić information content (AvgIpc) is 3.17. The molecule has 3 N–H and O–H groups in total. The summed E-state index contributed by atoms with van der Waals surface area (Å²) in [6.07, 6.45) is 1.84. The van der Waals surface area contributed by atoms with Gasteiger partial charge in [0.1, 0.15) is 0 Å². The molecule has 2 amide bonds. The summed E-state index contributed by atoms with van der Waals surface area (Å²) in [5, 5.41) is 14.6. The van der Waals surface area contributed by atoms with Gasteiger partial charge < -0.3 is 15.7 Å². The summed E-state index contributed by atoms with van der Waals surface area (Å²) >= 11 is 0. The zero-order chi connectivity index (χ0) is 15.3. The number of rotatable bonds is 8. The van der Waals surface area contributed by atoms with Crippen LogP contribution in [0.25, 0.3) is 0 Å². The van der Waals surface area contributed by atoms with Crippen LogP contribution in [-0.4, -0.2) is 36.0 Å². The zero-order valence-corrected chi connectivity index (χ0v) is 12.4. The van der Waals surface area contributed by atoms with Crippen LogP contribution in [0.1, 0.15) is 40.0 Å². The van der Waals surface area contributed by atoms with Crippen LogP contribution in [0.4, 0.5) is 0 Å². The van der Waals surface area contributed by atoms with Crippen LogP contribution in [0, 0.1) is 17.3 Å². The SMILES string of the molecule is CC(C)C(C)(CC(=O)NCCNC(=O)C1CC1)C(=O)O. The van der Waals surface area contributed by atoms with E-state index >= 15 is 0 Å².